The average molecular weight is 188 g/mol. The summed E-state index contributed by atoms with van der Waals surface area (Å²) in [6.07, 6.45) is 0.932. The Morgan fingerprint density at radius 3 is 3.14 bits per heavy atom. The molecule has 3 nitrogen and oxygen atoms in total. The van der Waals surface area contributed by atoms with Gasteiger partial charge in [0.2, 0.25) is 0 Å². The van der Waals surface area contributed by atoms with Crippen molar-refractivity contribution in [1.29, 1.82) is 5.26 Å². The third-order valence-electron chi connectivity index (χ3n) is 2.63. The number of hydrogen-bond donors (Lipinski definition) is 2. The molecule has 1 aromatic carbocycles. The van der Waals surface area contributed by atoms with E-state index in [1.54, 1.807) is 6.07 Å². The molecule has 2 rings (SSSR count). The monoisotopic (exact) mass is 188 g/mol. The van der Waals surface area contributed by atoms with Crippen molar-refractivity contribution in [3.8, 4) is 6.07 Å². The van der Waals surface area contributed by atoms with Crippen LogP contribution in [-0.2, 0) is 6.42 Å². The highest BCUT2D eigenvalue weighted by Gasteiger charge is 2.21. The van der Waals surface area contributed by atoms with E-state index in [4.69, 9.17) is 5.26 Å². The van der Waals surface area contributed by atoms with Gasteiger partial charge in [-0.3, -0.25) is 0 Å². The van der Waals surface area contributed by atoms with E-state index in [0.29, 0.717) is 5.56 Å². The molecule has 2 N–H and O–H groups in total. The molecule has 0 fully saturated rings. The quantitative estimate of drug-likeness (QED) is 0.683. The summed E-state index contributed by atoms with van der Waals surface area (Å²) in [5.74, 6) is 0. The zero-order valence-electron chi connectivity index (χ0n) is 7.83. The number of aliphatic hydroxyl groups is 1. The molecule has 0 radical (unpaired) electrons. The van der Waals surface area contributed by atoms with Crippen LogP contribution in [0, 0.1) is 11.3 Å². The average Bonchev–Trinajstić information content (AvgIpc) is 2.27. The van der Waals surface area contributed by atoms with Gasteiger partial charge in [0.15, 0.2) is 0 Å². The van der Waals surface area contributed by atoms with Crippen molar-refractivity contribution < 1.29 is 5.11 Å². The molecular weight excluding hydrogens is 176 g/mol. The van der Waals surface area contributed by atoms with Gasteiger partial charge in [0, 0.05) is 0 Å². The Labute approximate surface area is 83.0 Å². The van der Waals surface area contributed by atoms with Gasteiger partial charge < -0.3 is 10.4 Å². The van der Waals surface area contributed by atoms with Crippen LogP contribution in [0.5, 0.6) is 0 Å². The van der Waals surface area contributed by atoms with Crippen molar-refractivity contribution in [3.63, 3.8) is 0 Å². The van der Waals surface area contributed by atoms with Crippen molar-refractivity contribution in [2.75, 3.05) is 13.2 Å². The van der Waals surface area contributed by atoms with Gasteiger partial charge in [0.05, 0.1) is 24.3 Å². The van der Waals surface area contributed by atoms with E-state index in [-0.39, 0.29) is 12.6 Å². The van der Waals surface area contributed by atoms with Crippen LogP contribution in [0.3, 0.4) is 0 Å². The maximum absolute atomic E-state index is 9.19. The van der Waals surface area contributed by atoms with Crippen LogP contribution in [0.4, 0.5) is 0 Å². The van der Waals surface area contributed by atoms with Crippen LogP contribution in [0.25, 0.3) is 0 Å². The van der Waals surface area contributed by atoms with E-state index in [1.165, 1.54) is 5.56 Å². The second kappa shape index (κ2) is 3.79. The van der Waals surface area contributed by atoms with E-state index in [2.05, 4.69) is 11.4 Å². The Kier molecular flexibility index (Phi) is 2.49. The van der Waals surface area contributed by atoms with Crippen molar-refractivity contribution in [2.45, 2.75) is 12.5 Å². The molecule has 1 aliphatic heterocycles. The first-order chi connectivity index (χ1) is 6.86. The molecule has 14 heavy (non-hydrogen) atoms. The van der Waals surface area contributed by atoms with Crippen LogP contribution in [0.15, 0.2) is 18.2 Å². The van der Waals surface area contributed by atoms with Crippen LogP contribution in [0.1, 0.15) is 22.7 Å². The predicted molar refractivity (Wildman–Crippen MR) is 52.7 cm³/mol. The molecular formula is C11H12N2O. The molecule has 0 amide bonds. The molecule has 1 aromatic rings. The first kappa shape index (κ1) is 9.20. The molecule has 0 saturated heterocycles. The van der Waals surface area contributed by atoms with Gasteiger partial charge in [0.1, 0.15) is 0 Å². The number of fused-ring (bicyclic) bond motifs is 1. The molecule has 1 atom stereocenters. The van der Waals surface area contributed by atoms with E-state index < -0.39 is 0 Å². The Bertz CT molecular complexity index is 381. The molecule has 1 heterocycles. The number of hydrogen-bond acceptors (Lipinski definition) is 3. The first-order valence-corrected chi connectivity index (χ1v) is 4.73. The molecule has 0 aliphatic carbocycles. The summed E-state index contributed by atoms with van der Waals surface area (Å²) in [5.41, 5.74) is 2.83. The molecule has 0 saturated carbocycles. The number of benzene rings is 1. The summed E-state index contributed by atoms with van der Waals surface area (Å²) in [6.45, 7) is 0.915. The van der Waals surface area contributed by atoms with Gasteiger partial charge in [-0.05, 0) is 30.2 Å². The van der Waals surface area contributed by atoms with Gasteiger partial charge in [-0.2, -0.15) is 5.26 Å². The zero-order chi connectivity index (χ0) is 9.97. The minimum atomic E-state index is -0.0744. The van der Waals surface area contributed by atoms with Gasteiger partial charge in [-0.25, -0.2) is 0 Å². The number of nitrogens with one attached hydrogen (secondary N) is 1. The number of nitrogens with zero attached hydrogens (tertiary/aromatic N) is 1. The van der Waals surface area contributed by atoms with Crippen LogP contribution < -0.4 is 5.32 Å². The summed E-state index contributed by atoms with van der Waals surface area (Å²) < 4.78 is 0. The number of aliphatic hydroxyl groups excluding tert-OH is 1. The lowest BCUT2D eigenvalue weighted by atomic mass is 9.91. The standard InChI is InChI=1S/C11H12N2O/c12-6-9-3-1-2-8-4-5-13-10(7-14)11(8)9/h1-3,10,13-14H,4-5,7H2. The molecule has 0 spiro atoms. The van der Waals surface area contributed by atoms with Crippen LogP contribution in [0.2, 0.25) is 0 Å². The van der Waals surface area contributed by atoms with E-state index in [1.807, 2.05) is 12.1 Å². The molecule has 0 bridgehead atoms. The van der Waals surface area contributed by atoms with Crippen molar-refractivity contribution in [3.05, 3.63) is 34.9 Å². The summed E-state index contributed by atoms with van der Waals surface area (Å²) in [6, 6.07) is 7.82. The Hall–Kier alpha value is -1.37. The number of rotatable bonds is 1. The second-order valence-electron chi connectivity index (χ2n) is 3.43. The van der Waals surface area contributed by atoms with Crippen LogP contribution >= 0.6 is 0 Å². The van der Waals surface area contributed by atoms with Gasteiger partial charge in [0.25, 0.3) is 0 Å². The normalized spacial score (nSPS) is 19.9. The summed E-state index contributed by atoms with van der Waals surface area (Å²) in [4.78, 5) is 0. The maximum Gasteiger partial charge on any atom is 0.0995 e. The Balaban J connectivity index is 2.53. The fraction of sp³-hybridized carbons (Fsp3) is 0.364. The minimum absolute atomic E-state index is 0.0473. The van der Waals surface area contributed by atoms with E-state index in [9.17, 15) is 5.11 Å². The fourth-order valence-corrected chi connectivity index (χ4v) is 1.98. The third kappa shape index (κ3) is 1.39. The first-order valence-electron chi connectivity index (χ1n) is 4.73. The molecule has 72 valence electrons. The SMILES string of the molecule is N#Cc1cccc2c1C(CO)NCC2. The predicted octanol–water partition coefficient (Wildman–Crippen LogP) is 0.737. The van der Waals surface area contributed by atoms with Crippen molar-refractivity contribution in [2.24, 2.45) is 0 Å². The zero-order valence-corrected chi connectivity index (χ0v) is 7.83. The fourth-order valence-electron chi connectivity index (χ4n) is 1.98. The van der Waals surface area contributed by atoms with Crippen LogP contribution in [-0.4, -0.2) is 18.3 Å². The topological polar surface area (TPSA) is 56.0 Å². The summed E-state index contributed by atoms with van der Waals surface area (Å²) in [7, 11) is 0. The summed E-state index contributed by atoms with van der Waals surface area (Å²) >= 11 is 0. The van der Waals surface area contributed by atoms with Gasteiger partial charge in [-0.1, -0.05) is 12.1 Å². The molecule has 1 unspecified atom stereocenters. The van der Waals surface area contributed by atoms with Crippen molar-refractivity contribution >= 4 is 0 Å². The highest BCUT2D eigenvalue weighted by atomic mass is 16.3. The largest absolute Gasteiger partial charge is 0.394 e. The highest BCUT2D eigenvalue weighted by molar-refractivity contribution is 5.46. The maximum atomic E-state index is 9.19. The molecule has 0 aromatic heterocycles. The Morgan fingerprint density at radius 2 is 2.43 bits per heavy atom. The van der Waals surface area contributed by atoms with Crippen molar-refractivity contribution in [1.82, 2.24) is 5.32 Å². The smallest absolute Gasteiger partial charge is 0.0995 e. The van der Waals surface area contributed by atoms with E-state index >= 15 is 0 Å². The molecule has 3 heteroatoms. The number of nitriles is 1. The third-order valence-corrected chi connectivity index (χ3v) is 2.63. The van der Waals surface area contributed by atoms with Gasteiger partial charge in [-0.15, -0.1) is 0 Å². The minimum Gasteiger partial charge on any atom is -0.394 e. The summed E-state index contributed by atoms with van der Waals surface area (Å²) in [5, 5.41) is 21.3. The second-order valence-corrected chi connectivity index (χ2v) is 3.43. The lowest BCUT2D eigenvalue weighted by Crippen LogP contribution is -2.32. The highest BCUT2D eigenvalue weighted by Crippen LogP contribution is 2.25. The molecule has 1 aliphatic rings. The lowest BCUT2D eigenvalue weighted by Gasteiger charge is -2.26. The van der Waals surface area contributed by atoms with Gasteiger partial charge >= 0.3 is 0 Å². The Morgan fingerprint density at radius 1 is 1.57 bits per heavy atom. The lowest BCUT2D eigenvalue weighted by molar-refractivity contribution is 0.240. The van der Waals surface area contributed by atoms with E-state index in [0.717, 1.165) is 18.5 Å².